The minimum atomic E-state index is -0.436. The third-order valence-electron chi connectivity index (χ3n) is 3.37. The molecular weight excluding hydrogens is 240 g/mol. The molecule has 0 aromatic heterocycles. The molecule has 0 aliphatic carbocycles. The van der Waals surface area contributed by atoms with Crippen molar-refractivity contribution in [2.75, 3.05) is 13.1 Å². The van der Waals surface area contributed by atoms with Gasteiger partial charge in [-0.25, -0.2) is 0 Å². The number of hydrogen-bond donors (Lipinski definition) is 1. The predicted octanol–water partition coefficient (Wildman–Crippen LogP) is 1.36. The number of nitrogens with zero attached hydrogens (tertiary/aromatic N) is 1. The lowest BCUT2D eigenvalue weighted by Gasteiger charge is -2.21. The van der Waals surface area contributed by atoms with Gasteiger partial charge in [0, 0.05) is 13.1 Å². The van der Waals surface area contributed by atoms with Crippen LogP contribution in [0.1, 0.15) is 25.3 Å². The average Bonchev–Trinajstić information content (AvgIpc) is 2.92. The molecule has 1 saturated heterocycles. The number of rotatable bonds is 4. The number of carbonyl (C=O) groups is 2. The van der Waals surface area contributed by atoms with E-state index in [1.54, 1.807) is 6.92 Å². The fraction of sp³-hybridized carbons (Fsp3) is 0.467. The van der Waals surface area contributed by atoms with Crippen molar-refractivity contribution in [2.45, 2.75) is 32.2 Å². The van der Waals surface area contributed by atoms with E-state index in [0.29, 0.717) is 6.42 Å². The van der Waals surface area contributed by atoms with Crippen molar-refractivity contribution >= 4 is 11.8 Å². The summed E-state index contributed by atoms with van der Waals surface area (Å²) in [4.78, 5) is 25.7. The SMILES string of the molecule is C[C@@H](NC(=O)Cc1ccccc1)C(=O)N1CCCC1. The van der Waals surface area contributed by atoms with Crippen LogP contribution in [-0.2, 0) is 16.0 Å². The molecule has 0 bridgehead atoms. The van der Waals surface area contributed by atoms with Gasteiger partial charge in [0.15, 0.2) is 0 Å². The summed E-state index contributed by atoms with van der Waals surface area (Å²) >= 11 is 0. The zero-order valence-corrected chi connectivity index (χ0v) is 11.3. The summed E-state index contributed by atoms with van der Waals surface area (Å²) in [5, 5.41) is 2.77. The van der Waals surface area contributed by atoms with Crippen LogP contribution in [-0.4, -0.2) is 35.8 Å². The molecule has 1 aliphatic heterocycles. The highest BCUT2D eigenvalue weighted by molar-refractivity contribution is 5.88. The fourth-order valence-electron chi connectivity index (χ4n) is 2.35. The van der Waals surface area contributed by atoms with Crippen molar-refractivity contribution in [3.63, 3.8) is 0 Å². The van der Waals surface area contributed by atoms with Gasteiger partial charge in [-0.15, -0.1) is 0 Å². The molecule has 0 radical (unpaired) electrons. The topological polar surface area (TPSA) is 49.4 Å². The van der Waals surface area contributed by atoms with Gasteiger partial charge in [-0.3, -0.25) is 9.59 Å². The summed E-state index contributed by atoms with van der Waals surface area (Å²) < 4.78 is 0. The molecule has 2 amide bonds. The number of likely N-dealkylation sites (tertiary alicyclic amines) is 1. The Labute approximate surface area is 113 Å². The van der Waals surface area contributed by atoms with Crippen LogP contribution in [0.25, 0.3) is 0 Å². The van der Waals surface area contributed by atoms with Gasteiger partial charge in [0.25, 0.3) is 0 Å². The number of amides is 2. The minimum absolute atomic E-state index is 0.0268. The van der Waals surface area contributed by atoms with E-state index in [2.05, 4.69) is 5.32 Å². The molecule has 0 unspecified atom stereocenters. The van der Waals surface area contributed by atoms with E-state index in [9.17, 15) is 9.59 Å². The molecule has 4 nitrogen and oxygen atoms in total. The number of carbonyl (C=O) groups excluding carboxylic acids is 2. The molecule has 1 aliphatic rings. The first-order chi connectivity index (χ1) is 9.16. The molecule has 1 fully saturated rings. The second-order valence-corrected chi connectivity index (χ2v) is 4.98. The fourth-order valence-corrected chi connectivity index (χ4v) is 2.35. The maximum absolute atomic E-state index is 12.0. The van der Waals surface area contributed by atoms with Gasteiger partial charge in [-0.2, -0.15) is 0 Å². The molecular formula is C15H20N2O2. The first kappa shape index (κ1) is 13.6. The number of hydrogen-bond acceptors (Lipinski definition) is 2. The summed E-state index contributed by atoms with van der Waals surface area (Å²) in [7, 11) is 0. The monoisotopic (exact) mass is 260 g/mol. The molecule has 1 aromatic rings. The molecule has 102 valence electrons. The van der Waals surface area contributed by atoms with Gasteiger partial charge in [0.1, 0.15) is 6.04 Å². The summed E-state index contributed by atoms with van der Waals surface area (Å²) in [6, 6.07) is 9.11. The van der Waals surface area contributed by atoms with Crippen LogP contribution in [0.15, 0.2) is 30.3 Å². The van der Waals surface area contributed by atoms with E-state index in [4.69, 9.17) is 0 Å². The number of benzene rings is 1. The Morgan fingerprint density at radius 2 is 1.84 bits per heavy atom. The minimum Gasteiger partial charge on any atom is -0.344 e. The lowest BCUT2D eigenvalue weighted by Crippen LogP contribution is -2.46. The highest BCUT2D eigenvalue weighted by atomic mass is 16.2. The summed E-state index contributed by atoms with van der Waals surface area (Å²) in [6.45, 7) is 3.39. The molecule has 1 N–H and O–H groups in total. The second kappa shape index (κ2) is 6.36. The van der Waals surface area contributed by atoms with E-state index in [1.165, 1.54) is 0 Å². The number of nitrogens with one attached hydrogen (secondary N) is 1. The maximum atomic E-state index is 12.0. The van der Waals surface area contributed by atoms with Crippen LogP contribution in [0.4, 0.5) is 0 Å². The van der Waals surface area contributed by atoms with Crippen LogP contribution in [0.3, 0.4) is 0 Å². The smallest absolute Gasteiger partial charge is 0.244 e. The van der Waals surface area contributed by atoms with Crippen LogP contribution in [0.2, 0.25) is 0 Å². The Morgan fingerprint density at radius 3 is 2.47 bits per heavy atom. The Balaban J connectivity index is 1.83. The summed E-state index contributed by atoms with van der Waals surface area (Å²) in [5.74, 6) is -0.0786. The quantitative estimate of drug-likeness (QED) is 0.888. The highest BCUT2D eigenvalue weighted by Gasteiger charge is 2.24. The van der Waals surface area contributed by atoms with Gasteiger partial charge in [-0.05, 0) is 25.3 Å². The van der Waals surface area contributed by atoms with E-state index in [0.717, 1.165) is 31.5 Å². The highest BCUT2D eigenvalue weighted by Crippen LogP contribution is 2.09. The van der Waals surface area contributed by atoms with Crippen LogP contribution in [0, 0.1) is 0 Å². The lowest BCUT2D eigenvalue weighted by molar-refractivity contribution is -0.134. The van der Waals surface area contributed by atoms with Crippen molar-refractivity contribution in [3.05, 3.63) is 35.9 Å². The summed E-state index contributed by atoms with van der Waals surface area (Å²) in [5.41, 5.74) is 0.959. The van der Waals surface area contributed by atoms with Gasteiger partial charge < -0.3 is 10.2 Å². The molecule has 1 aromatic carbocycles. The van der Waals surface area contributed by atoms with Gasteiger partial charge >= 0.3 is 0 Å². The van der Waals surface area contributed by atoms with Gasteiger partial charge in [0.05, 0.1) is 6.42 Å². The van der Waals surface area contributed by atoms with E-state index >= 15 is 0 Å². The van der Waals surface area contributed by atoms with Crippen molar-refractivity contribution < 1.29 is 9.59 Å². The van der Waals surface area contributed by atoms with E-state index in [-0.39, 0.29) is 11.8 Å². The Hall–Kier alpha value is -1.84. The van der Waals surface area contributed by atoms with Crippen molar-refractivity contribution in [2.24, 2.45) is 0 Å². The van der Waals surface area contributed by atoms with Crippen LogP contribution >= 0.6 is 0 Å². The molecule has 0 saturated carbocycles. The Bertz CT molecular complexity index is 439. The van der Waals surface area contributed by atoms with Crippen molar-refractivity contribution in [1.82, 2.24) is 10.2 Å². The molecule has 19 heavy (non-hydrogen) atoms. The standard InChI is InChI=1S/C15H20N2O2/c1-12(15(19)17-9-5-6-10-17)16-14(18)11-13-7-3-2-4-8-13/h2-4,7-8,12H,5-6,9-11H2,1H3,(H,16,18)/t12-/m1/s1. The second-order valence-electron chi connectivity index (χ2n) is 4.98. The van der Waals surface area contributed by atoms with Crippen LogP contribution in [0.5, 0.6) is 0 Å². The Morgan fingerprint density at radius 1 is 1.21 bits per heavy atom. The molecule has 4 heteroatoms. The van der Waals surface area contributed by atoms with Crippen molar-refractivity contribution in [1.29, 1.82) is 0 Å². The van der Waals surface area contributed by atoms with Gasteiger partial charge in [-0.1, -0.05) is 30.3 Å². The average molecular weight is 260 g/mol. The molecule has 1 atom stereocenters. The lowest BCUT2D eigenvalue weighted by atomic mass is 10.1. The van der Waals surface area contributed by atoms with Gasteiger partial charge in [0.2, 0.25) is 11.8 Å². The zero-order chi connectivity index (χ0) is 13.7. The first-order valence-corrected chi connectivity index (χ1v) is 6.79. The maximum Gasteiger partial charge on any atom is 0.244 e. The first-order valence-electron chi connectivity index (χ1n) is 6.79. The summed E-state index contributed by atoms with van der Waals surface area (Å²) in [6.07, 6.45) is 2.45. The molecule has 1 heterocycles. The third kappa shape index (κ3) is 3.81. The van der Waals surface area contributed by atoms with E-state index < -0.39 is 6.04 Å². The normalized spacial score (nSPS) is 16.2. The third-order valence-corrected chi connectivity index (χ3v) is 3.37. The van der Waals surface area contributed by atoms with Crippen LogP contribution < -0.4 is 5.32 Å². The van der Waals surface area contributed by atoms with E-state index in [1.807, 2.05) is 35.2 Å². The Kier molecular flexibility index (Phi) is 4.55. The zero-order valence-electron chi connectivity index (χ0n) is 11.3. The van der Waals surface area contributed by atoms with Crippen molar-refractivity contribution in [3.8, 4) is 0 Å². The molecule has 2 rings (SSSR count). The largest absolute Gasteiger partial charge is 0.344 e. The predicted molar refractivity (Wildman–Crippen MR) is 73.6 cm³/mol. The molecule has 0 spiro atoms.